The molecule has 0 unspecified atom stereocenters. The van der Waals surface area contributed by atoms with Crippen molar-refractivity contribution >= 4 is 17.8 Å². The Morgan fingerprint density at radius 2 is 1.75 bits per heavy atom. The summed E-state index contributed by atoms with van der Waals surface area (Å²) >= 11 is 0. The quantitative estimate of drug-likeness (QED) is 0.730. The van der Waals surface area contributed by atoms with Gasteiger partial charge in [0.25, 0.3) is 5.91 Å². The van der Waals surface area contributed by atoms with Crippen LogP contribution in [0.4, 0.5) is 0 Å². The van der Waals surface area contributed by atoms with Crippen LogP contribution in [0.1, 0.15) is 55.8 Å². The number of amides is 2. The predicted octanol–water partition coefficient (Wildman–Crippen LogP) is 2.45. The molecule has 0 aromatic heterocycles. The maximum absolute atomic E-state index is 12.7. The fraction of sp³-hybridized carbons (Fsp3) is 0.571. The van der Waals surface area contributed by atoms with Crippen LogP contribution >= 0.6 is 0 Å². The van der Waals surface area contributed by atoms with Gasteiger partial charge in [-0.2, -0.15) is 0 Å². The Bertz CT molecular complexity index is 717. The van der Waals surface area contributed by atoms with Crippen molar-refractivity contribution in [3.05, 3.63) is 29.8 Å². The Morgan fingerprint density at radius 3 is 2.29 bits per heavy atom. The number of ether oxygens (including phenoxy) is 1. The van der Waals surface area contributed by atoms with E-state index in [0.717, 1.165) is 18.6 Å². The number of carboxylic acids is 1. The Hall–Kier alpha value is -2.57. The first kappa shape index (κ1) is 20.2. The topological polar surface area (TPSA) is 95.9 Å². The van der Waals surface area contributed by atoms with Gasteiger partial charge in [-0.05, 0) is 56.9 Å². The highest BCUT2D eigenvalue weighted by atomic mass is 16.5. The van der Waals surface area contributed by atoms with Gasteiger partial charge in [0.1, 0.15) is 11.2 Å². The molecule has 1 saturated carbocycles. The standard InChI is InChI=1S/C21H28N2O5/c1-2-28-17-7-5-15(6-8-17)18(24)23-13-9-16(10-14-23)22-19(25)21(20(26)27)11-3-4-12-21/h5-8,16H,2-4,9-14H2,1H3,(H,22,25)(H,26,27). The van der Waals surface area contributed by atoms with Crippen LogP contribution in [-0.4, -0.2) is 53.5 Å². The average molecular weight is 388 g/mol. The van der Waals surface area contributed by atoms with Crippen molar-refractivity contribution in [2.75, 3.05) is 19.7 Å². The number of benzene rings is 1. The van der Waals surface area contributed by atoms with Gasteiger partial charge in [0, 0.05) is 24.7 Å². The summed E-state index contributed by atoms with van der Waals surface area (Å²) in [4.78, 5) is 38.7. The van der Waals surface area contributed by atoms with Crippen LogP contribution in [0.2, 0.25) is 0 Å². The van der Waals surface area contributed by atoms with E-state index in [1.165, 1.54) is 0 Å². The summed E-state index contributed by atoms with van der Waals surface area (Å²) in [5.74, 6) is -0.690. The third-order valence-electron chi connectivity index (χ3n) is 5.83. The van der Waals surface area contributed by atoms with Crippen molar-refractivity contribution in [3.8, 4) is 5.75 Å². The van der Waals surface area contributed by atoms with Crippen LogP contribution in [0.25, 0.3) is 0 Å². The maximum Gasteiger partial charge on any atom is 0.319 e. The SMILES string of the molecule is CCOc1ccc(C(=O)N2CCC(NC(=O)C3(C(=O)O)CCCC3)CC2)cc1. The van der Waals surface area contributed by atoms with Crippen molar-refractivity contribution in [3.63, 3.8) is 0 Å². The molecular formula is C21H28N2O5. The summed E-state index contributed by atoms with van der Waals surface area (Å²) in [5.41, 5.74) is -0.656. The summed E-state index contributed by atoms with van der Waals surface area (Å²) in [6, 6.07) is 7.01. The minimum Gasteiger partial charge on any atom is -0.494 e. The van der Waals surface area contributed by atoms with Crippen LogP contribution in [0, 0.1) is 5.41 Å². The van der Waals surface area contributed by atoms with Crippen LogP contribution < -0.4 is 10.1 Å². The zero-order valence-electron chi connectivity index (χ0n) is 16.3. The molecule has 0 atom stereocenters. The summed E-state index contributed by atoms with van der Waals surface area (Å²) in [5, 5.41) is 12.5. The first-order chi connectivity index (χ1) is 13.5. The second-order valence-electron chi connectivity index (χ2n) is 7.59. The lowest BCUT2D eigenvalue weighted by Gasteiger charge is -2.34. The van der Waals surface area contributed by atoms with E-state index in [-0.39, 0.29) is 17.9 Å². The van der Waals surface area contributed by atoms with Gasteiger partial charge in [-0.3, -0.25) is 14.4 Å². The highest BCUT2D eigenvalue weighted by molar-refractivity contribution is 6.02. The minimum absolute atomic E-state index is 0.0365. The van der Waals surface area contributed by atoms with Crippen LogP contribution in [0.15, 0.2) is 24.3 Å². The number of likely N-dealkylation sites (tertiary alicyclic amines) is 1. The van der Waals surface area contributed by atoms with E-state index in [4.69, 9.17) is 4.74 Å². The van der Waals surface area contributed by atoms with Crippen LogP contribution in [0.3, 0.4) is 0 Å². The zero-order chi connectivity index (χ0) is 20.1. The predicted molar refractivity (Wildman–Crippen MR) is 103 cm³/mol. The molecular weight excluding hydrogens is 360 g/mol. The maximum atomic E-state index is 12.7. The Morgan fingerprint density at radius 1 is 1.14 bits per heavy atom. The highest BCUT2D eigenvalue weighted by Crippen LogP contribution is 2.39. The molecule has 2 aliphatic rings. The van der Waals surface area contributed by atoms with Gasteiger partial charge < -0.3 is 20.1 Å². The molecule has 0 radical (unpaired) electrons. The lowest BCUT2D eigenvalue weighted by Crippen LogP contribution is -2.52. The Kier molecular flexibility index (Phi) is 6.21. The number of carbonyl (C=O) groups excluding carboxylic acids is 2. The molecule has 7 heteroatoms. The Labute approximate surface area is 165 Å². The molecule has 3 rings (SSSR count). The lowest BCUT2D eigenvalue weighted by atomic mass is 9.84. The first-order valence-corrected chi connectivity index (χ1v) is 10.0. The molecule has 152 valence electrons. The number of carboxylic acid groups (broad SMARTS) is 1. The van der Waals surface area contributed by atoms with Crippen LogP contribution in [0.5, 0.6) is 5.75 Å². The number of nitrogens with zero attached hydrogens (tertiary/aromatic N) is 1. The molecule has 1 aliphatic heterocycles. The summed E-state index contributed by atoms with van der Waals surface area (Å²) in [6.07, 6.45) is 3.62. The third-order valence-corrected chi connectivity index (χ3v) is 5.83. The number of piperidine rings is 1. The lowest BCUT2D eigenvalue weighted by molar-refractivity contribution is -0.155. The largest absolute Gasteiger partial charge is 0.494 e. The van der Waals surface area contributed by atoms with E-state index in [9.17, 15) is 19.5 Å². The van der Waals surface area contributed by atoms with Crippen molar-refractivity contribution < 1.29 is 24.2 Å². The van der Waals surface area contributed by atoms with E-state index >= 15 is 0 Å². The number of carbonyl (C=O) groups is 3. The molecule has 0 spiro atoms. The second kappa shape index (κ2) is 8.63. The molecule has 0 bridgehead atoms. The van der Waals surface area contributed by atoms with Crippen LogP contribution in [-0.2, 0) is 9.59 Å². The van der Waals surface area contributed by atoms with Gasteiger partial charge in [-0.25, -0.2) is 0 Å². The van der Waals surface area contributed by atoms with Gasteiger partial charge in [-0.1, -0.05) is 12.8 Å². The van der Waals surface area contributed by atoms with Gasteiger partial charge in [0.15, 0.2) is 0 Å². The van der Waals surface area contributed by atoms with Crippen molar-refractivity contribution in [1.82, 2.24) is 10.2 Å². The summed E-state index contributed by atoms with van der Waals surface area (Å²) in [7, 11) is 0. The Balaban J connectivity index is 1.53. The number of hydrogen-bond acceptors (Lipinski definition) is 4. The molecule has 1 saturated heterocycles. The molecule has 7 nitrogen and oxygen atoms in total. The minimum atomic E-state index is -1.27. The smallest absolute Gasteiger partial charge is 0.319 e. The number of aliphatic carboxylic acids is 1. The summed E-state index contributed by atoms with van der Waals surface area (Å²) < 4.78 is 5.40. The number of nitrogens with one attached hydrogen (secondary N) is 1. The molecule has 2 N–H and O–H groups in total. The van der Waals surface area contributed by atoms with Crippen molar-refractivity contribution in [2.45, 2.75) is 51.5 Å². The van der Waals surface area contributed by atoms with E-state index < -0.39 is 11.4 Å². The molecule has 1 aromatic carbocycles. The molecule has 2 amide bonds. The molecule has 1 heterocycles. The molecule has 1 aliphatic carbocycles. The molecule has 1 aromatic rings. The number of hydrogen-bond donors (Lipinski definition) is 2. The third kappa shape index (κ3) is 4.13. The van der Waals surface area contributed by atoms with E-state index in [1.807, 2.05) is 6.92 Å². The van der Waals surface area contributed by atoms with E-state index in [2.05, 4.69) is 5.32 Å². The fourth-order valence-electron chi connectivity index (χ4n) is 4.11. The van der Waals surface area contributed by atoms with E-state index in [0.29, 0.717) is 50.9 Å². The van der Waals surface area contributed by atoms with Gasteiger partial charge in [-0.15, -0.1) is 0 Å². The second-order valence-corrected chi connectivity index (χ2v) is 7.59. The molecule has 2 fully saturated rings. The number of rotatable bonds is 6. The van der Waals surface area contributed by atoms with Gasteiger partial charge in [0.2, 0.25) is 5.91 Å². The zero-order valence-corrected chi connectivity index (χ0v) is 16.3. The average Bonchev–Trinajstić information content (AvgIpc) is 3.20. The van der Waals surface area contributed by atoms with Crippen molar-refractivity contribution in [2.24, 2.45) is 5.41 Å². The normalized spacial score (nSPS) is 19.2. The van der Waals surface area contributed by atoms with Gasteiger partial charge in [0.05, 0.1) is 6.61 Å². The molecule has 28 heavy (non-hydrogen) atoms. The van der Waals surface area contributed by atoms with Crippen molar-refractivity contribution in [1.29, 1.82) is 0 Å². The fourth-order valence-corrected chi connectivity index (χ4v) is 4.11. The van der Waals surface area contributed by atoms with E-state index in [1.54, 1.807) is 29.2 Å². The highest BCUT2D eigenvalue weighted by Gasteiger charge is 2.48. The monoisotopic (exact) mass is 388 g/mol. The first-order valence-electron chi connectivity index (χ1n) is 10.0. The van der Waals surface area contributed by atoms with Gasteiger partial charge >= 0.3 is 5.97 Å². The summed E-state index contributed by atoms with van der Waals surface area (Å²) in [6.45, 7) is 3.57.